The minimum absolute atomic E-state index is 0.0465. The lowest BCUT2D eigenvalue weighted by Gasteiger charge is -2.31. The van der Waals surface area contributed by atoms with Gasteiger partial charge in [-0.15, -0.1) is 11.3 Å². The SMILES string of the molecule is Cc1cccc(C(=O)N2CCC(c3csc4nccn34)CC2)n1. The number of fused-ring (bicyclic) bond motifs is 1. The van der Waals surface area contributed by atoms with Crippen molar-refractivity contribution in [2.45, 2.75) is 25.7 Å². The number of rotatable bonds is 2. The number of aromatic nitrogens is 3. The fourth-order valence-corrected chi connectivity index (χ4v) is 4.17. The number of aryl methyl sites for hydroxylation is 1. The van der Waals surface area contributed by atoms with E-state index in [-0.39, 0.29) is 5.91 Å². The van der Waals surface area contributed by atoms with E-state index in [0.717, 1.165) is 36.6 Å². The zero-order valence-electron chi connectivity index (χ0n) is 13.0. The molecule has 1 aliphatic rings. The van der Waals surface area contributed by atoms with Crippen LogP contribution < -0.4 is 0 Å². The summed E-state index contributed by atoms with van der Waals surface area (Å²) in [6, 6.07) is 5.61. The first-order chi connectivity index (χ1) is 11.2. The summed E-state index contributed by atoms with van der Waals surface area (Å²) < 4.78 is 2.18. The van der Waals surface area contributed by atoms with Crippen molar-refractivity contribution in [2.24, 2.45) is 0 Å². The quantitative estimate of drug-likeness (QED) is 0.727. The van der Waals surface area contributed by atoms with Crippen molar-refractivity contribution in [1.82, 2.24) is 19.3 Å². The van der Waals surface area contributed by atoms with Gasteiger partial charge in [0.25, 0.3) is 5.91 Å². The Balaban J connectivity index is 1.47. The summed E-state index contributed by atoms with van der Waals surface area (Å²) >= 11 is 1.68. The number of pyridine rings is 1. The lowest BCUT2D eigenvalue weighted by atomic mass is 9.94. The average Bonchev–Trinajstić information content (AvgIpc) is 3.18. The monoisotopic (exact) mass is 326 g/mol. The third kappa shape index (κ3) is 2.63. The molecule has 0 N–H and O–H groups in total. The lowest BCUT2D eigenvalue weighted by Crippen LogP contribution is -2.38. The molecule has 3 aromatic rings. The Labute approximate surface area is 138 Å². The van der Waals surface area contributed by atoms with Crippen LogP contribution in [0.5, 0.6) is 0 Å². The predicted octanol–water partition coefficient (Wildman–Crippen LogP) is 3.12. The molecule has 3 aromatic heterocycles. The van der Waals surface area contributed by atoms with E-state index in [1.165, 1.54) is 5.69 Å². The average molecular weight is 326 g/mol. The summed E-state index contributed by atoms with van der Waals surface area (Å²) in [4.78, 5) is 24.2. The normalized spacial score (nSPS) is 16.1. The number of carbonyl (C=O) groups excluding carboxylic acids is 1. The molecule has 4 rings (SSSR count). The standard InChI is InChI=1S/C17H18N4OS/c1-12-3-2-4-14(19-12)16(22)20-8-5-13(6-9-20)15-11-23-17-18-7-10-21(15)17/h2-4,7,10-11,13H,5-6,8-9H2,1H3. The Morgan fingerprint density at radius 3 is 2.91 bits per heavy atom. The summed E-state index contributed by atoms with van der Waals surface area (Å²) in [5.74, 6) is 0.540. The molecule has 23 heavy (non-hydrogen) atoms. The molecule has 0 aromatic carbocycles. The van der Waals surface area contributed by atoms with Crippen LogP contribution in [-0.2, 0) is 0 Å². The highest BCUT2D eigenvalue weighted by Crippen LogP contribution is 2.31. The highest BCUT2D eigenvalue weighted by atomic mass is 32.1. The third-order valence-electron chi connectivity index (χ3n) is 4.48. The number of likely N-dealkylation sites (tertiary alicyclic amines) is 1. The highest BCUT2D eigenvalue weighted by Gasteiger charge is 2.26. The Kier molecular flexibility index (Phi) is 3.61. The molecule has 1 saturated heterocycles. The molecule has 118 valence electrons. The summed E-state index contributed by atoms with van der Waals surface area (Å²) in [5, 5.41) is 2.20. The number of hydrogen-bond acceptors (Lipinski definition) is 4. The van der Waals surface area contributed by atoms with Crippen molar-refractivity contribution in [2.75, 3.05) is 13.1 Å². The number of nitrogens with zero attached hydrogens (tertiary/aromatic N) is 4. The lowest BCUT2D eigenvalue weighted by molar-refractivity contribution is 0.0706. The minimum atomic E-state index is 0.0465. The van der Waals surface area contributed by atoms with Gasteiger partial charge in [-0.1, -0.05) is 6.07 Å². The van der Waals surface area contributed by atoms with Gasteiger partial charge in [-0.3, -0.25) is 9.20 Å². The topological polar surface area (TPSA) is 50.5 Å². The number of piperidine rings is 1. The van der Waals surface area contributed by atoms with Gasteiger partial charge in [-0.05, 0) is 31.9 Å². The van der Waals surface area contributed by atoms with E-state index in [9.17, 15) is 4.79 Å². The summed E-state index contributed by atoms with van der Waals surface area (Å²) in [6.45, 7) is 3.48. The van der Waals surface area contributed by atoms with Crippen LogP contribution in [0.2, 0.25) is 0 Å². The van der Waals surface area contributed by atoms with Crippen LogP contribution in [0.25, 0.3) is 4.96 Å². The molecule has 6 heteroatoms. The molecule has 0 radical (unpaired) electrons. The Hall–Kier alpha value is -2.21. The summed E-state index contributed by atoms with van der Waals surface area (Å²) in [7, 11) is 0. The maximum atomic E-state index is 12.6. The van der Waals surface area contributed by atoms with Gasteiger partial charge in [0.2, 0.25) is 0 Å². The molecule has 0 bridgehead atoms. The molecule has 5 nitrogen and oxygen atoms in total. The molecular weight excluding hydrogens is 308 g/mol. The first kappa shape index (κ1) is 14.4. The van der Waals surface area contributed by atoms with Crippen LogP contribution in [0.15, 0.2) is 36.0 Å². The number of thiazole rings is 1. The van der Waals surface area contributed by atoms with E-state index >= 15 is 0 Å². The van der Waals surface area contributed by atoms with E-state index in [1.807, 2.05) is 36.4 Å². The first-order valence-corrected chi connectivity index (χ1v) is 8.74. The van der Waals surface area contributed by atoms with Crippen LogP contribution in [-0.4, -0.2) is 38.3 Å². The van der Waals surface area contributed by atoms with Gasteiger partial charge in [0.05, 0.1) is 0 Å². The van der Waals surface area contributed by atoms with Crippen molar-refractivity contribution < 1.29 is 4.79 Å². The van der Waals surface area contributed by atoms with Gasteiger partial charge in [-0.2, -0.15) is 0 Å². The zero-order valence-corrected chi connectivity index (χ0v) is 13.8. The maximum Gasteiger partial charge on any atom is 0.272 e. The second-order valence-electron chi connectivity index (χ2n) is 5.97. The molecule has 4 heterocycles. The highest BCUT2D eigenvalue weighted by molar-refractivity contribution is 7.15. The van der Waals surface area contributed by atoms with Crippen LogP contribution in [0.3, 0.4) is 0 Å². The molecular formula is C17H18N4OS. The van der Waals surface area contributed by atoms with Gasteiger partial charge < -0.3 is 4.90 Å². The number of imidazole rings is 1. The van der Waals surface area contributed by atoms with Gasteiger partial charge in [0.1, 0.15) is 5.69 Å². The molecule has 0 spiro atoms. The third-order valence-corrected chi connectivity index (χ3v) is 5.35. The van der Waals surface area contributed by atoms with Gasteiger partial charge in [0.15, 0.2) is 4.96 Å². The molecule has 0 atom stereocenters. The molecule has 0 unspecified atom stereocenters. The second-order valence-corrected chi connectivity index (χ2v) is 6.81. The fourth-order valence-electron chi connectivity index (χ4n) is 3.24. The van der Waals surface area contributed by atoms with Gasteiger partial charge in [-0.25, -0.2) is 9.97 Å². The Morgan fingerprint density at radius 2 is 2.13 bits per heavy atom. The Bertz CT molecular complexity index is 845. The Morgan fingerprint density at radius 1 is 1.30 bits per heavy atom. The van der Waals surface area contributed by atoms with Crippen molar-refractivity contribution in [3.8, 4) is 0 Å². The van der Waals surface area contributed by atoms with Crippen LogP contribution in [0, 0.1) is 6.92 Å². The smallest absolute Gasteiger partial charge is 0.272 e. The zero-order chi connectivity index (χ0) is 15.8. The van der Waals surface area contributed by atoms with Crippen molar-refractivity contribution in [3.63, 3.8) is 0 Å². The summed E-state index contributed by atoms with van der Waals surface area (Å²) in [5.41, 5.74) is 2.76. The molecule has 1 aliphatic heterocycles. The van der Waals surface area contributed by atoms with Crippen molar-refractivity contribution in [1.29, 1.82) is 0 Å². The van der Waals surface area contributed by atoms with Crippen LogP contribution in [0.1, 0.15) is 40.6 Å². The summed E-state index contributed by atoms with van der Waals surface area (Å²) in [6.07, 6.45) is 5.84. The van der Waals surface area contributed by atoms with E-state index in [1.54, 1.807) is 17.4 Å². The molecule has 1 amide bonds. The van der Waals surface area contributed by atoms with Crippen molar-refractivity contribution >= 4 is 22.2 Å². The van der Waals surface area contributed by atoms with Crippen molar-refractivity contribution in [3.05, 3.63) is 53.1 Å². The molecule has 0 saturated carbocycles. The minimum Gasteiger partial charge on any atom is -0.337 e. The largest absolute Gasteiger partial charge is 0.337 e. The second kappa shape index (κ2) is 5.77. The number of carbonyl (C=O) groups is 1. The number of amides is 1. The predicted molar refractivity (Wildman–Crippen MR) is 89.9 cm³/mol. The maximum absolute atomic E-state index is 12.6. The fraction of sp³-hybridized carbons (Fsp3) is 0.353. The van der Waals surface area contributed by atoms with E-state index in [2.05, 4.69) is 19.7 Å². The van der Waals surface area contributed by atoms with Gasteiger partial charge >= 0.3 is 0 Å². The van der Waals surface area contributed by atoms with Gasteiger partial charge in [0, 0.05) is 48.2 Å². The van der Waals surface area contributed by atoms with E-state index in [4.69, 9.17) is 0 Å². The molecule has 1 fully saturated rings. The number of hydrogen-bond donors (Lipinski definition) is 0. The van der Waals surface area contributed by atoms with Crippen LogP contribution >= 0.6 is 11.3 Å². The van der Waals surface area contributed by atoms with Crippen LogP contribution in [0.4, 0.5) is 0 Å². The molecule has 0 aliphatic carbocycles. The first-order valence-electron chi connectivity index (χ1n) is 7.86. The van der Waals surface area contributed by atoms with E-state index < -0.39 is 0 Å². The van der Waals surface area contributed by atoms with E-state index in [0.29, 0.717) is 11.6 Å².